The largest absolute Gasteiger partial charge is 0.350 e. The quantitative estimate of drug-likeness (QED) is 0.912. The molecule has 1 saturated carbocycles. The number of rotatable bonds is 3. The Morgan fingerprint density at radius 3 is 3.09 bits per heavy atom. The van der Waals surface area contributed by atoms with Gasteiger partial charge in [-0.2, -0.15) is 0 Å². The Labute approximate surface area is 130 Å². The fraction of sp³-hybridized carbons (Fsp3) is 0.529. The number of imidazole rings is 1. The molecule has 3 rings (SSSR count). The first-order valence-corrected chi connectivity index (χ1v) is 7.97. The van der Waals surface area contributed by atoms with Gasteiger partial charge in [-0.25, -0.2) is 4.98 Å². The second-order valence-electron chi connectivity index (χ2n) is 6.68. The third kappa shape index (κ3) is 2.86. The summed E-state index contributed by atoms with van der Waals surface area (Å²) in [6, 6.07) is 4.03. The molecule has 0 aromatic carbocycles. The van der Waals surface area contributed by atoms with Gasteiger partial charge in [-0.1, -0.05) is 18.9 Å². The van der Waals surface area contributed by atoms with Gasteiger partial charge in [0.15, 0.2) is 0 Å². The third-order valence-electron chi connectivity index (χ3n) is 4.74. The maximum absolute atomic E-state index is 12.4. The number of hydrogen-bond acceptors (Lipinski definition) is 3. The number of carbonyl (C=O) groups excluding carboxylic acids is 1. The molecule has 1 aliphatic rings. The van der Waals surface area contributed by atoms with Crippen molar-refractivity contribution in [2.45, 2.75) is 51.6 Å². The molecule has 2 aromatic rings. The number of nitrogens with two attached hydrogens (primary N) is 1. The topological polar surface area (TPSA) is 72.4 Å². The average molecular weight is 300 g/mol. The summed E-state index contributed by atoms with van der Waals surface area (Å²) in [4.78, 5) is 17.0. The van der Waals surface area contributed by atoms with E-state index in [1.165, 1.54) is 0 Å². The highest BCUT2D eigenvalue weighted by atomic mass is 16.1. The van der Waals surface area contributed by atoms with Crippen molar-refractivity contribution in [2.75, 3.05) is 0 Å². The summed E-state index contributed by atoms with van der Waals surface area (Å²) in [5, 5.41) is 3.01. The van der Waals surface area contributed by atoms with Crippen molar-refractivity contribution in [3.8, 4) is 0 Å². The molecule has 1 amide bonds. The SMILES string of the molecule is Cc1cccn2cc(CNC(=O)C3CCCCC3(C)N)nc12. The van der Waals surface area contributed by atoms with E-state index in [0.29, 0.717) is 6.54 Å². The normalized spacial score (nSPS) is 25.3. The van der Waals surface area contributed by atoms with E-state index in [1.807, 2.05) is 42.8 Å². The first-order valence-electron chi connectivity index (χ1n) is 7.97. The molecule has 2 unspecified atom stereocenters. The van der Waals surface area contributed by atoms with Crippen LogP contribution in [0.2, 0.25) is 0 Å². The van der Waals surface area contributed by atoms with Crippen LogP contribution >= 0.6 is 0 Å². The smallest absolute Gasteiger partial charge is 0.225 e. The molecule has 5 nitrogen and oxygen atoms in total. The Morgan fingerprint density at radius 1 is 1.55 bits per heavy atom. The molecule has 22 heavy (non-hydrogen) atoms. The van der Waals surface area contributed by atoms with E-state index in [0.717, 1.165) is 42.6 Å². The molecule has 3 N–H and O–H groups in total. The van der Waals surface area contributed by atoms with Crippen molar-refractivity contribution < 1.29 is 4.79 Å². The Bertz CT molecular complexity index is 689. The fourth-order valence-electron chi connectivity index (χ4n) is 3.38. The predicted molar refractivity (Wildman–Crippen MR) is 86.3 cm³/mol. The van der Waals surface area contributed by atoms with E-state index >= 15 is 0 Å². The molecule has 0 aliphatic heterocycles. The first kappa shape index (κ1) is 15.0. The summed E-state index contributed by atoms with van der Waals surface area (Å²) in [6.07, 6.45) is 7.92. The van der Waals surface area contributed by atoms with Gasteiger partial charge in [-0.3, -0.25) is 4.79 Å². The predicted octanol–water partition coefficient (Wildman–Crippen LogP) is 2.17. The lowest BCUT2D eigenvalue weighted by atomic mass is 9.74. The van der Waals surface area contributed by atoms with Gasteiger partial charge in [0.1, 0.15) is 5.65 Å². The zero-order chi connectivity index (χ0) is 15.7. The van der Waals surface area contributed by atoms with Crippen LogP contribution in [-0.4, -0.2) is 20.8 Å². The Kier molecular flexibility index (Phi) is 3.91. The molecular formula is C17H24N4O. The third-order valence-corrected chi connectivity index (χ3v) is 4.74. The van der Waals surface area contributed by atoms with Crippen LogP contribution < -0.4 is 11.1 Å². The second kappa shape index (κ2) is 5.72. The van der Waals surface area contributed by atoms with E-state index in [4.69, 9.17) is 5.73 Å². The summed E-state index contributed by atoms with van der Waals surface area (Å²) in [6.45, 7) is 4.48. The Balaban J connectivity index is 1.68. The lowest BCUT2D eigenvalue weighted by Gasteiger charge is -2.37. The number of nitrogens with one attached hydrogen (secondary N) is 1. The highest BCUT2D eigenvalue weighted by molar-refractivity contribution is 5.80. The Hall–Kier alpha value is -1.88. The summed E-state index contributed by atoms with van der Waals surface area (Å²) < 4.78 is 1.99. The number of pyridine rings is 1. The lowest BCUT2D eigenvalue weighted by molar-refractivity contribution is -0.128. The van der Waals surface area contributed by atoms with E-state index in [1.54, 1.807) is 0 Å². The van der Waals surface area contributed by atoms with Gasteiger partial charge in [0.05, 0.1) is 18.2 Å². The van der Waals surface area contributed by atoms with E-state index < -0.39 is 5.54 Å². The molecule has 5 heteroatoms. The van der Waals surface area contributed by atoms with Gasteiger partial charge in [0.2, 0.25) is 5.91 Å². The molecule has 2 aromatic heterocycles. The van der Waals surface area contributed by atoms with Crippen LogP contribution in [0.3, 0.4) is 0 Å². The molecule has 118 valence electrons. The minimum atomic E-state index is -0.391. The number of amides is 1. The van der Waals surface area contributed by atoms with Crippen molar-refractivity contribution >= 4 is 11.6 Å². The zero-order valence-corrected chi connectivity index (χ0v) is 13.3. The van der Waals surface area contributed by atoms with E-state index in [-0.39, 0.29) is 11.8 Å². The monoisotopic (exact) mass is 300 g/mol. The Morgan fingerprint density at radius 2 is 2.36 bits per heavy atom. The molecule has 0 spiro atoms. The van der Waals surface area contributed by atoms with Crippen molar-refractivity contribution in [1.29, 1.82) is 0 Å². The van der Waals surface area contributed by atoms with Gasteiger partial charge in [0, 0.05) is 17.9 Å². The second-order valence-corrected chi connectivity index (χ2v) is 6.68. The summed E-state index contributed by atoms with van der Waals surface area (Å²) >= 11 is 0. The highest BCUT2D eigenvalue weighted by Crippen LogP contribution is 2.31. The minimum absolute atomic E-state index is 0.0541. The number of carbonyl (C=O) groups is 1. The summed E-state index contributed by atoms with van der Waals surface area (Å²) in [5.74, 6) is -0.0431. The van der Waals surface area contributed by atoms with E-state index in [9.17, 15) is 4.79 Å². The van der Waals surface area contributed by atoms with Crippen LogP contribution in [-0.2, 0) is 11.3 Å². The van der Waals surface area contributed by atoms with E-state index in [2.05, 4.69) is 10.3 Å². The maximum atomic E-state index is 12.4. The lowest BCUT2D eigenvalue weighted by Crippen LogP contribution is -2.52. The van der Waals surface area contributed by atoms with Gasteiger partial charge in [0.25, 0.3) is 0 Å². The molecule has 0 saturated heterocycles. The standard InChI is InChI=1S/C17H24N4O/c1-12-6-5-9-21-11-13(20-15(12)21)10-19-16(22)14-7-3-4-8-17(14,2)18/h5-6,9,11,14H,3-4,7-8,10,18H2,1-2H3,(H,19,22). The molecule has 2 heterocycles. The number of aryl methyl sites for hydroxylation is 1. The van der Waals surface area contributed by atoms with Crippen LogP contribution in [0.15, 0.2) is 24.5 Å². The molecular weight excluding hydrogens is 276 g/mol. The highest BCUT2D eigenvalue weighted by Gasteiger charge is 2.37. The summed E-state index contributed by atoms with van der Waals surface area (Å²) in [5.41, 5.74) is 8.84. The van der Waals surface area contributed by atoms with Crippen LogP contribution in [0, 0.1) is 12.8 Å². The van der Waals surface area contributed by atoms with Crippen LogP contribution in [0.5, 0.6) is 0 Å². The van der Waals surface area contributed by atoms with Crippen LogP contribution in [0.4, 0.5) is 0 Å². The molecule has 1 aliphatic carbocycles. The van der Waals surface area contributed by atoms with Gasteiger partial charge < -0.3 is 15.5 Å². The molecule has 1 fully saturated rings. The van der Waals surface area contributed by atoms with Crippen molar-refractivity contribution in [3.05, 3.63) is 35.8 Å². The maximum Gasteiger partial charge on any atom is 0.225 e. The molecule has 0 bridgehead atoms. The number of nitrogens with zero attached hydrogens (tertiary/aromatic N) is 2. The van der Waals surface area contributed by atoms with Crippen molar-refractivity contribution in [1.82, 2.24) is 14.7 Å². The molecule has 0 radical (unpaired) electrons. The molecule has 2 atom stereocenters. The van der Waals surface area contributed by atoms with Crippen molar-refractivity contribution in [3.63, 3.8) is 0 Å². The van der Waals surface area contributed by atoms with Crippen molar-refractivity contribution in [2.24, 2.45) is 11.7 Å². The number of fused-ring (bicyclic) bond motifs is 1. The first-order chi connectivity index (χ1) is 10.5. The van der Waals surface area contributed by atoms with Crippen LogP contribution in [0.1, 0.15) is 43.9 Å². The minimum Gasteiger partial charge on any atom is -0.350 e. The van der Waals surface area contributed by atoms with Crippen LogP contribution in [0.25, 0.3) is 5.65 Å². The number of aromatic nitrogens is 2. The fourth-order valence-corrected chi connectivity index (χ4v) is 3.38. The zero-order valence-electron chi connectivity index (χ0n) is 13.3. The van der Waals surface area contributed by atoms with Gasteiger partial charge >= 0.3 is 0 Å². The van der Waals surface area contributed by atoms with Gasteiger partial charge in [-0.05, 0) is 38.3 Å². The number of hydrogen-bond donors (Lipinski definition) is 2. The average Bonchev–Trinajstić information content (AvgIpc) is 2.89. The summed E-state index contributed by atoms with van der Waals surface area (Å²) in [7, 11) is 0. The van der Waals surface area contributed by atoms with Gasteiger partial charge in [-0.15, -0.1) is 0 Å².